The maximum atomic E-state index is 12.9. The van der Waals surface area contributed by atoms with Gasteiger partial charge in [0.2, 0.25) is 0 Å². The van der Waals surface area contributed by atoms with Crippen LogP contribution >= 0.6 is 0 Å². The molecule has 6 heteroatoms. The van der Waals surface area contributed by atoms with Gasteiger partial charge < -0.3 is 19.4 Å². The summed E-state index contributed by atoms with van der Waals surface area (Å²) in [7, 11) is 0. The fourth-order valence-corrected chi connectivity index (χ4v) is 3.21. The molecule has 0 radical (unpaired) electrons. The molecule has 6 nitrogen and oxygen atoms in total. The molecule has 2 aromatic carbocycles. The Morgan fingerprint density at radius 2 is 1.69 bits per heavy atom. The highest BCUT2D eigenvalue weighted by Gasteiger charge is 2.21. The second-order valence-corrected chi connectivity index (χ2v) is 6.55. The van der Waals surface area contributed by atoms with E-state index in [1.807, 2.05) is 45.0 Å². The van der Waals surface area contributed by atoms with E-state index in [-0.39, 0.29) is 17.6 Å². The molecule has 0 atom stereocenters. The number of nitrogens with one attached hydrogen (secondary N) is 1. The number of hydrogen-bond donors (Lipinski definition) is 1. The van der Waals surface area contributed by atoms with Crippen molar-refractivity contribution in [1.29, 1.82) is 0 Å². The number of carbonyl (C=O) groups is 2. The van der Waals surface area contributed by atoms with Crippen molar-refractivity contribution in [2.24, 2.45) is 0 Å². The minimum absolute atomic E-state index is 0.0239. The summed E-state index contributed by atoms with van der Waals surface area (Å²) in [4.78, 5) is 27.0. The van der Waals surface area contributed by atoms with E-state index in [1.54, 1.807) is 29.2 Å². The molecule has 1 aromatic heterocycles. The van der Waals surface area contributed by atoms with Gasteiger partial charge >= 0.3 is 0 Å². The average molecular weight is 394 g/mol. The summed E-state index contributed by atoms with van der Waals surface area (Å²) in [6.45, 7) is 7.95. The van der Waals surface area contributed by atoms with Gasteiger partial charge in [0.15, 0.2) is 5.76 Å². The Labute approximate surface area is 170 Å². The highest BCUT2D eigenvalue weighted by molar-refractivity contribution is 6.06. The van der Waals surface area contributed by atoms with Gasteiger partial charge in [-0.05, 0) is 51.1 Å². The quantitative estimate of drug-likeness (QED) is 0.601. The number of anilines is 1. The van der Waals surface area contributed by atoms with E-state index >= 15 is 0 Å². The third kappa shape index (κ3) is 4.49. The lowest BCUT2D eigenvalue weighted by atomic mass is 10.1. The molecule has 29 heavy (non-hydrogen) atoms. The van der Waals surface area contributed by atoms with Gasteiger partial charge in [-0.2, -0.15) is 0 Å². The average Bonchev–Trinajstić information content (AvgIpc) is 3.12. The summed E-state index contributed by atoms with van der Waals surface area (Å²) in [5, 5.41) is 3.71. The molecule has 0 bridgehead atoms. The molecule has 0 spiro atoms. The van der Waals surface area contributed by atoms with E-state index in [4.69, 9.17) is 9.15 Å². The van der Waals surface area contributed by atoms with E-state index in [0.29, 0.717) is 43.1 Å². The van der Waals surface area contributed by atoms with Crippen LogP contribution in [0.15, 0.2) is 52.9 Å². The Morgan fingerprint density at radius 3 is 2.34 bits per heavy atom. The van der Waals surface area contributed by atoms with E-state index < -0.39 is 0 Å². The number of furan rings is 1. The first-order chi connectivity index (χ1) is 14.1. The zero-order valence-electron chi connectivity index (χ0n) is 17.0. The topological polar surface area (TPSA) is 71.8 Å². The summed E-state index contributed by atoms with van der Waals surface area (Å²) in [6, 6.07) is 14.4. The molecule has 0 aliphatic carbocycles. The minimum Gasteiger partial charge on any atom is -0.451 e. The van der Waals surface area contributed by atoms with Gasteiger partial charge in [-0.15, -0.1) is 0 Å². The predicted octanol–water partition coefficient (Wildman–Crippen LogP) is 4.70. The number of hydrogen-bond acceptors (Lipinski definition) is 4. The Kier molecular flexibility index (Phi) is 6.67. The number of amides is 2. The third-order valence-electron chi connectivity index (χ3n) is 4.80. The number of nitrogens with zero attached hydrogens (tertiary/aromatic N) is 1. The summed E-state index contributed by atoms with van der Waals surface area (Å²) < 4.78 is 11.3. The van der Waals surface area contributed by atoms with Crippen molar-refractivity contribution in [2.45, 2.75) is 27.4 Å². The van der Waals surface area contributed by atoms with Crippen LogP contribution in [0.5, 0.6) is 0 Å². The van der Waals surface area contributed by atoms with Crippen molar-refractivity contribution in [3.05, 3.63) is 65.4 Å². The van der Waals surface area contributed by atoms with E-state index in [1.165, 1.54) is 0 Å². The summed E-state index contributed by atoms with van der Waals surface area (Å²) in [5.74, 6) is -0.133. The number of carbonyl (C=O) groups excluding carboxylic acids is 2. The van der Waals surface area contributed by atoms with Crippen LogP contribution in [0.4, 0.5) is 5.69 Å². The first-order valence-electron chi connectivity index (χ1n) is 9.87. The van der Waals surface area contributed by atoms with Gasteiger partial charge in [0.1, 0.15) is 5.58 Å². The number of rotatable bonds is 8. The number of fused-ring (bicyclic) bond motifs is 1. The van der Waals surface area contributed by atoms with Crippen molar-refractivity contribution in [3.63, 3.8) is 0 Å². The van der Waals surface area contributed by atoms with Crippen LogP contribution in [0.1, 0.15) is 47.2 Å². The minimum atomic E-state index is -0.348. The number of ether oxygens (including phenoxy) is 1. The van der Waals surface area contributed by atoms with Crippen molar-refractivity contribution in [3.8, 4) is 0 Å². The highest BCUT2D eigenvalue weighted by Crippen LogP contribution is 2.27. The fourth-order valence-electron chi connectivity index (χ4n) is 3.21. The Hall–Kier alpha value is -3.12. The zero-order valence-corrected chi connectivity index (χ0v) is 17.0. The monoisotopic (exact) mass is 394 g/mol. The first-order valence-corrected chi connectivity index (χ1v) is 9.87. The molecule has 1 N–H and O–H groups in total. The van der Waals surface area contributed by atoms with Gasteiger partial charge in [-0.3, -0.25) is 9.59 Å². The zero-order chi connectivity index (χ0) is 20.8. The fraction of sp³-hybridized carbons (Fsp3) is 0.304. The van der Waals surface area contributed by atoms with Crippen LogP contribution in [-0.4, -0.2) is 36.4 Å². The normalized spacial score (nSPS) is 10.9. The Morgan fingerprint density at radius 1 is 1.00 bits per heavy atom. The molecule has 0 aliphatic rings. The predicted molar refractivity (Wildman–Crippen MR) is 113 cm³/mol. The number of para-hydroxylation sites is 1. The molecule has 0 unspecified atom stereocenters. The lowest BCUT2D eigenvalue weighted by Gasteiger charge is -2.18. The SMILES string of the molecule is CCOCc1c(C(=O)Nc2ccc(C(=O)N(CC)CC)cc2)oc2ccccc12. The van der Waals surface area contributed by atoms with Gasteiger partial charge in [-0.25, -0.2) is 0 Å². The molecule has 3 rings (SSSR count). The van der Waals surface area contributed by atoms with Crippen LogP contribution in [0.2, 0.25) is 0 Å². The summed E-state index contributed by atoms with van der Waals surface area (Å²) in [5.41, 5.74) is 2.56. The van der Waals surface area contributed by atoms with Crippen LogP contribution in [0, 0.1) is 0 Å². The van der Waals surface area contributed by atoms with Crippen molar-refractivity contribution < 1.29 is 18.7 Å². The second-order valence-electron chi connectivity index (χ2n) is 6.55. The van der Waals surface area contributed by atoms with Crippen LogP contribution in [0.25, 0.3) is 11.0 Å². The second kappa shape index (κ2) is 9.39. The van der Waals surface area contributed by atoms with Crippen molar-refractivity contribution in [2.75, 3.05) is 25.0 Å². The lowest BCUT2D eigenvalue weighted by molar-refractivity contribution is 0.0773. The molecular weight excluding hydrogens is 368 g/mol. The molecule has 3 aromatic rings. The summed E-state index contributed by atoms with van der Waals surface area (Å²) >= 11 is 0. The molecule has 2 amide bonds. The van der Waals surface area contributed by atoms with Crippen LogP contribution in [0.3, 0.4) is 0 Å². The van der Waals surface area contributed by atoms with Crippen molar-refractivity contribution >= 4 is 28.5 Å². The standard InChI is InChI=1S/C23H26N2O4/c1-4-25(5-2)23(27)16-11-13-17(14-12-16)24-22(26)21-19(15-28-6-3)18-9-7-8-10-20(18)29-21/h7-14H,4-6,15H2,1-3H3,(H,24,26). The summed E-state index contributed by atoms with van der Waals surface area (Å²) in [6.07, 6.45) is 0. The first kappa shape index (κ1) is 20.6. The van der Waals surface area contributed by atoms with E-state index in [0.717, 1.165) is 10.9 Å². The molecule has 0 saturated heterocycles. The smallest absolute Gasteiger partial charge is 0.291 e. The van der Waals surface area contributed by atoms with Gasteiger partial charge in [0.25, 0.3) is 11.8 Å². The maximum absolute atomic E-state index is 12.9. The van der Waals surface area contributed by atoms with Gasteiger partial charge in [0, 0.05) is 41.9 Å². The number of benzene rings is 2. The van der Waals surface area contributed by atoms with Crippen LogP contribution < -0.4 is 5.32 Å². The molecule has 0 fully saturated rings. The molecule has 0 aliphatic heterocycles. The highest BCUT2D eigenvalue weighted by atomic mass is 16.5. The molecule has 0 saturated carbocycles. The third-order valence-corrected chi connectivity index (χ3v) is 4.80. The van der Waals surface area contributed by atoms with E-state index in [2.05, 4.69) is 5.32 Å². The van der Waals surface area contributed by atoms with E-state index in [9.17, 15) is 9.59 Å². The van der Waals surface area contributed by atoms with Gasteiger partial charge in [-0.1, -0.05) is 18.2 Å². The van der Waals surface area contributed by atoms with Crippen LogP contribution in [-0.2, 0) is 11.3 Å². The molecular formula is C23H26N2O4. The van der Waals surface area contributed by atoms with Gasteiger partial charge in [0.05, 0.1) is 6.61 Å². The molecule has 1 heterocycles. The Balaban J connectivity index is 1.81. The maximum Gasteiger partial charge on any atom is 0.291 e. The lowest BCUT2D eigenvalue weighted by Crippen LogP contribution is -2.30. The molecule has 152 valence electrons. The van der Waals surface area contributed by atoms with Crippen molar-refractivity contribution in [1.82, 2.24) is 4.90 Å². The largest absolute Gasteiger partial charge is 0.451 e. The Bertz CT molecular complexity index is 988.